The number of benzene rings is 1. The van der Waals surface area contributed by atoms with Crippen molar-refractivity contribution < 1.29 is 9.13 Å². The van der Waals surface area contributed by atoms with Crippen LogP contribution in [0.4, 0.5) is 4.39 Å². The Labute approximate surface area is 95.8 Å². The van der Waals surface area contributed by atoms with Crippen molar-refractivity contribution in [2.75, 3.05) is 7.11 Å². The molecule has 0 fully saturated rings. The van der Waals surface area contributed by atoms with Crippen molar-refractivity contribution in [3.05, 3.63) is 35.1 Å². The summed E-state index contributed by atoms with van der Waals surface area (Å²) in [7, 11) is 1.58. The van der Waals surface area contributed by atoms with E-state index in [2.05, 4.69) is 5.43 Å². The first-order valence-corrected chi connectivity index (χ1v) is 5.19. The zero-order valence-electron chi connectivity index (χ0n) is 10.2. The molecule has 90 valence electrons. The summed E-state index contributed by atoms with van der Waals surface area (Å²) in [6.07, 6.45) is 0. The Balaban J connectivity index is 3.18. The molecular formula is C12H19FN2O. The summed E-state index contributed by atoms with van der Waals surface area (Å²) >= 11 is 0. The van der Waals surface area contributed by atoms with E-state index >= 15 is 0 Å². The second kappa shape index (κ2) is 4.91. The van der Waals surface area contributed by atoms with E-state index < -0.39 is 11.6 Å². The van der Waals surface area contributed by atoms with Crippen molar-refractivity contribution in [2.24, 2.45) is 5.84 Å². The fourth-order valence-electron chi connectivity index (χ4n) is 1.67. The molecule has 1 rings (SSSR count). The molecule has 0 radical (unpaired) electrons. The molecule has 0 aliphatic heterocycles. The molecular weight excluding hydrogens is 207 g/mol. The van der Waals surface area contributed by atoms with Crippen LogP contribution in [0.3, 0.4) is 0 Å². The van der Waals surface area contributed by atoms with Crippen LogP contribution < -0.4 is 11.3 Å². The van der Waals surface area contributed by atoms with Crippen molar-refractivity contribution in [1.82, 2.24) is 5.43 Å². The van der Waals surface area contributed by atoms with E-state index in [0.29, 0.717) is 5.56 Å². The van der Waals surface area contributed by atoms with Crippen LogP contribution in [-0.4, -0.2) is 12.7 Å². The predicted octanol–water partition coefficient (Wildman–Crippen LogP) is 2.06. The summed E-state index contributed by atoms with van der Waals surface area (Å²) < 4.78 is 19.1. The van der Waals surface area contributed by atoms with Crippen LogP contribution in [0.5, 0.6) is 0 Å². The average Bonchev–Trinajstić information content (AvgIpc) is 2.24. The van der Waals surface area contributed by atoms with Gasteiger partial charge in [0.15, 0.2) is 0 Å². The van der Waals surface area contributed by atoms with Gasteiger partial charge < -0.3 is 4.74 Å². The molecule has 3 nitrogen and oxygen atoms in total. The first kappa shape index (κ1) is 13.1. The fourth-order valence-corrected chi connectivity index (χ4v) is 1.67. The number of rotatable bonds is 4. The van der Waals surface area contributed by atoms with Gasteiger partial charge in [-0.25, -0.2) is 9.82 Å². The van der Waals surface area contributed by atoms with E-state index in [9.17, 15) is 4.39 Å². The molecule has 0 aliphatic carbocycles. The number of hydrogen-bond donors (Lipinski definition) is 2. The lowest BCUT2D eigenvalue weighted by molar-refractivity contribution is -0.0121. The second-order valence-corrected chi connectivity index (χ2v) is 4.43. The summed E-state index contributed by atoms with van der Waals surface area (Å²) in [5.41, 5.74) is 3.54. The Morgan fingerprint density at radius 2 is 2.06 bits per heavy atom. The lowest BCUT2D eigenvalue weighted by atomic mass is 9.91. The van der Waals surface area contributed by atoms with Crippen LogP contribution in [0.25, 0.3) is 0 Å². The smallest absolute Gasteiger partial charge is 0.128 e. The Hall–Kier alpha value is -0.970. The van der Waals surface area contributed by atoms with Gasteiger partial charge in [-0.3, -0.25) is 5.84 Å². The number of aryl methyl sites for hydroxylation is 1. The van der Waals surface area contributed by atoms with Crippen LogP contribution in [0.1, 0.15) is 31.0 Å². The van der Waals surface area contributed by atoms with Crippen molar-refractivity contribution in [2.45, 2.75) is 32.4 Å². The monoisotopic (exact) mass is 226 g/mol. The molecule has 1 aromatic rings. The number of methoxy groups -OCH3 is 1. The van der Waals surface area contributed by atoms with E-state index in [1.54, 1.807) is 19.2 Å². The highest BCUT2D eigenvalue weighted by molar-refractivity contribution is 5.28. The van der Waals surface area contributed by atoms with E-state index in [-0.39, 0.29) is 5.82 Å². The van der Waals surface area contributed by atoms with Gasteiger partial charge in [0, 0.05) is 12.7 Å². The third-order valence-electron chi connectivity index (χ3n) is 2.85. The second-order valence-electron chi connectivity index (χ2n) is 4.43. The van der Waals surface area contributed by atoms with Gasteiger partial charge in [-0.15, -0.1) is 0 Å². The average molecular weight is 226 g/mol. The molecule has 0 aliphatic rings. The quantitative estimate of drug-likeness (QED) is 0.610. The largest absolute Gasteiger partial charge is 0.377 e. The van der Waals surface area contributed by atoms with Gasteiger partial charge >= 0.3 is 0 Å². The highest BCUT2D eigenvalue weighted by Gasteiger charge is 2.31. The number of hydrogen-bond acceptors (Lipinski definition) is 3. The molecule has 0 amide bonds. The maximum Gasteiger partial charge on any atom is 0.128 e. The van der Waals surface area contributed by atoms with Crippen molar-refractivity contribution in [3.8, 4) is 0 Å². The van der Waals surface area contributed by atoms with E-state index in [1.807, 2.05) is 20.8 Å². The Kier molecular flexibility index (Phi) is 4.02. The third kappa shape index (κ3) is 2.58. The molecule has 3 N–H and O–H groups in total. The summed E-state index contributed by atoms with van der Waals surface area (Å²) in [6, 6.07) is 4.56. The van der Waals surface area contributed by atoms with Crippen LogP contribution in [0, 0.1) is 12.7 Å². The topological polar surface area (TPSA) is 47.3 Å². The van der Waals surface area contributed by atoms with E-state index in [1.165, 1.54) is 6.07 Å². The van der Waals surface area contributed by atoms with Crippen LogP contribution in [0.15, 0.2) is 18.2 Å². The minimum Gasteiger partial charge on any atom is -0.377 e. The minimum atomic E-state index is -0.580. The molecule has 1 atom stereocenters. The molecule has 0 saturated carbocycles. The van der Waals surface area contributed by atoms with Crippen LogP contribution in [-0.2, 0) is 4.74 Å². The van der Waals surface area contributed by atoms with Gasteiger partial charge in [-0.2, -0.15) is 0 Å². The minimum absolute atomic E-state index is 0.279. The third-order valence-corrected chi connectivity index (χ3v) is 2.85. The van der Waals surface area contributed by atoms with Gasteiger partial charge in [0.25, 0.3) is 0 Å². The SMILES string of the molecule is COC(C)(C)C(NN)c1cc(C)ccc1F. The highest BCUT2D eigenvalue weighted by Crippen LogP contribution is 2.29. The molecule has 16 heavy (non-hydrogen) atoms. The molecule has 0 spiro atoms. The number of halogens is 1. The summed E-state index contributed by atoms with van der Waals surface area (Å²) in [6.45, 7) is 5.63. The zero-order chi connectivity index (χ0) is 12.3. The normalized spacial score (nSPS) is 13.9. The molecule has 1 aromatic carbocycles. The Morgan fingerprint density at radius 3 is 2.56 bits per heavy atom. The lowest BCUT2D eigenvalue weighted by Crippen LogP contribution is -2.44. The van der Waals surface area contributed by atoms with Gasteiger partial charge in [-0.1, -0.05) is 17.7 Å². The number of ether oxygens (including phenoxy) is 1. The Morgan fingerprint density at radius 1 is 1.44 bits per heavy atom. The molecule has 4 heteroatoms. The van der Waals surface area contributed by atoms with Gasteiger partial charge in [0.05, 0.1) is 11.6 Å². The predicted molar refractivity (Wildman–Crippen MR) is 62.3 cm³/mol. The first-order chi connectivity index (χ1) is 7.42. The zero-order valence-corrected chi connectivity index (χ0v) is 10.2. The first-order valence-electron chi connectivity index (χ1n) is 5.19. The molecule has 0 aromatic heterocycles. The van der Waals surface area contributed by atoms with Gasteiger partial charge in [0.2, 0.25) is 0 Å². The maximum absolute atomic E-state index is 13.7. The maximum atomic E-state index is 13.7. The summed E-state index contributed by atoms with van der Waals surface area (Å²) in [5.74, 6) is 5.21. The highest BCUT2D eigenvalue weighted by atomic mass is 19.1. The van der Waals surface area contributed by atoms with Crippen molar-refractivity contribution in [1.29, 1.82) is 0 Å². The molecule has 0 saturated heterocycles. The van der Waals surface area contributed by atoms with Crippen molar-refractivity contribution in [3.63, 3.8) is 0 Å². The Bertz CT molecular complexity index is 366. The van der Waals surface area contributed by atoms with Crippen LogP contribution >= 0.6 is 0 Å². The summed E-state index contributed by atoms with van der Waals surface area (Å²) in [4.78, 5) is 0. The number of hydrazine groups is 1. The lowest BCUT2D eigenvalue weighted by Gasteiger charge is -2.33. The number of nitrogens with one attached hydrogen (secondary N) is 1. The van der Waals surface area contributed by atoms with Crippen molar-refractivity contribution >= 4 is 0 Å². The standard InChI is InChI=1S/C12H19FN2O/c1-8-5-6-10(13)9(7-8)11(15-14)12(2,3)16-4/h5-7,11,15H,14H2,1-4H3. The van der Waals surface area contributed by atoms with Crippen LogP contribution in [0.2, 0.25) is 0 Å². The fraction of sp³-hybridized carbons (Fsp3) is 0.500. The van der Waals surface area contributed by atoms with Gasteiger partial charge in [-0.05, 0) is 26.8 Å². The van der Waals surface area contributed by atoms with E-state index in [0.717, 1.165) is 5.56 Å². The molecule has 0 heterocycles. The molecule has 0 bridgehead atoms. The van der Waals surface area contributed by atoms with Gasteiger partial charge in [0.1, 0.15) is 5.82 Å². The molecule has 1 unspecified atom stereocenters. The summed E-state index contributed by atoms with van der Waals surface area (Å²) in [5, 5.41) is 0. The number of nitrogens with two attached hydrogens (primary N) is 1. The van der Waals surface area contributed by atoms with E-state index in [4.69, 9.17) is 10.6 Å².